The molecule has 0 radical (unpaired) electrons. The van der Waals surface area contributed by atoms with E-state index in [1.165, 1.54) is 0 Å². The molecule has 2 nitrogen and oxygen atoms in total. The maximum absolute atomic E-state index is 11.2. The normalized spacial score (nSPS) is 14.9. The van der Waals surface area contributed by atoms with Crippen molar-refractivity contribution in [1.82, 2.24) is 0 Å². The molecule has 11 heavy (non-hydrogen) atoms. The summed E-state index contributed by atoms with van der Waals surface area (Å²) >= 11 is 0. The van der Waals surface area contributed by atoms with Gasteiger partial charge in [0, 0.05) is 13.3 Å². The van der Waals surface area contributed by atoms with Gasteiger partial charge in [0.1, 0.15) is 0 Å². The Hall–Kier alpha value is 0.190. The van der Waals surface area contributed by atoms with Crippen LogP contribution in [0.2, 0.25) is 0 Å². The molecule has 1 atom stereocenters. The maximum Gasteiger partial charge on any atom is 0.197 e. The minimum absolute atomic E-state index is 0.195. The van der Waals surface area contributed by atoms with Crippen LogP contribution in [0.1, 0.15) is 33.1 Å². The highest BCUT2D eigenvalue weighted by molar-refractivity contribution is 7.57. The molecule has 0 saturated heterocycles. The third-order valence-corrected chi connectivity index (χ3v) is 2.27. The Balaban J connectivity index is 3.78. The van der Waals surface area contributed by atoms with E-state index >= 15 is 0 Å². The first-order valence-corrected chi connectivity index (χ1v) is 6.75. The predicted octanol–water partition coefficient (Wildman–Crippen LogP) is 3.12. The molecule has 0 saturated carbocycles. The van der Waals surface area contributed by atoms with E-state index < -0.39 is 7.37 Å². The van der Waals surface area contributed by atoms with Gasteiger partial charge in [0.15, 0.2) is 7.37 Å². The van der Waals surface area contributed by atoms with Gasteiger partial charge in [0.2, 0.25) is 0 Å². The fourth-order valence-electron chi connectivity index (χ4n) is 1.01. The van der Waals surface area contributed by atoms with Crippen LogP contribution in [-0.4, -0.2) is 19.4 Å². The van der Waals surface area contributed by atoms with E-state index in [-0.39, 0.29) is 6.10 Å². The lowest BCUT2D eigenvalue weighted by atomic mass is 10.2. The summed E-state index contributed by atoms with van der Waals surface area (Å²) in [5, 5.41) is 0. The SMILES string of the molecule is CCCC(CC)OP(C)(C)=O. The molecule has 0 aromatic carbocycles. The molecule has 0 aromatic rings. The molecule has 0 N–H and O–H groups in total. The molecule has 0 spiro atoms. The molecule has 68 valence electrons. The molecule has 0 aliphatic rings. The maximum atomic E-state index is 11.2. The van der Waals surface area contributed by atoms with E-state index in [0.29, 0.717) is 0 Å². The van der Waals surface area contributed by atoms with Gasteiger partial charge < -0.3 is 4.52 Å². The van der Waals surface area contributed by atoms with Gasteiger partial charge >= 0.3 is 0 Å². The van der Waals surface area contributed by atoms with Crippen LogP contribution in [0.5, 0.6) is 0 Å². The van der Waals surface area contributed by atoms with E-state index in [4.69, 9.17) is 4.52 Å². The van der Waals surface area contributed by atoms with Gasteiger partial charge in [-0.05, 0) is 12.8 Å². The molecule has 0 fully saturated rings. The molecule has 3 heteroatoms. The Morgan fingerprint density at radius 1 is 1.36 bits per heavy atom. The molecule has 0 heterocycles. The van der Waals surface area contributed by atoms with E-state index in [9.17, 15) is 4.57 Å². The van der Waals surface area contributed by atoms with Crippen molar-refractivity contribution < 1.29 is 9.09 Å². The standard InChI is InChI=1S/C8H19O2P/c1-5-7-8(6-2)10-11(3,4)9/h8H,5-7H2,1-4H3. The number of hydrogen-bond acceptors (Lipinski definition) is 2. The fraction of sp³-hybridized carbons (Fsp3) is 1.00. The van der Waals surface area contributed by atoms with Crippen LogP contribution in [0.4, 0.5) is 0 Å². The summed E-state index contributed by atoms with van der Waals surface area (Å²) in [6.45, 7) is 7.52. The van der Waals surface area contributed by atoms with Gasteiger partial charge in [0.05, 0.1) is 6.10 Å². The van der Waals surface area contributed by atoms with Crippen molar-refractivity contribution >= 4 is 7.37 Å². The number of rotatable bonds is 5. The Kier molecular flexibility index (Phi) is 5.03. The lowest BCUT2D eigenvalue weighted by Crippen LogP contribution is -2.08. The summed E-state index contributed by atoms with van der Waals surface area (Å²) in [7, 11) is -2.27. The second kappa shape index (κ2) is 4.95. The zero-order chi connectivity index (χ0) is 8.91. The molecular weight excluding hydrogens is 159 g/mol. The van der Waals surface area contributed by atoms with Crippen LogP contribution in [0.15, 0.2) is 0 Å². The van der Waals surface area contributed by atoms with Gasteiger partial charge in [0.25, 0.3) is 0 Å². The van der Waals surface area contributed by atoms with Gasteiger partial charge in [-0.15, -0.1) is 0 Å². The summed E-state index contributed by atoms with van der Waals surface area (Å²) < 4.78 is 16.6. The average Bonchev–Trinajstić information content (AvgIpc) is 1.84. The highest BCUT2D eigenvalue weighted by Crippen LogP contribution is 2.40. The summed E-state index contributed by atoms with van der Waals surface area (Å²) in [4.78, 5) is 0. The zero-order valence-electron chi connectivity index (χ0n) is 7.96. The molecule has 0 amide bonds. The van der Waals surface area contributed by atoms with Crippen molar-refractivity contribution in [2.45, 2.75) is 39.2 Å². The first-order valence-electron chi connectivity index (χ1n) is 4.23. The molecule has 0 aromatic heterocycles. The second-order valence-electron chi connectivity index (χ2n) is 3.18. The van der Waals surface area contributed by atoms with Crippen molar-refractivity contribution in [1.29, 1.82) is 0 Å². The monoisotopic (exact) mass is 178 g/mol. The van der Waals surface area contributed by atoms with Crippen molar-refractivity contribution in [2.75, 3.05) is 13.3 Å². The van der Waals surface area contributed by atoms with Gasteiger partial charge in [-0.3, -0.25) is 4.57 Å². The van der Waals surface area contributed by atoms with E-state index in [0.717, 1.165) is 19.3 Å². The van der Waals surface area contributed by atoms with Crippen LogP contribution in [-0.2, 0) is 9.09 Å². The van der Waals surface area contributed by atoms with Crippen LogP contribution < -0.4 is 0 Å². The zero-order valence-corrected chi connectivity index (χ0v) is 8.86. The summed E-state index contributed by atoms with van der Waals surface area (Å²) in [6.07, 6.45) is 3.26. The fourth-order valence-corrected chi connectivity index (χ4v) is 1.98. The Morgan fingerprint density at radius 3 is 2.18 bits per heavy atom. The second-order valence-corrected chi connectivity index (χ2v) is 5.89. The van der Waals surface area contributed by atoms with Crippen LogP contribution in [0.3, 0.4) is 0 Å². The third-order valence-electron chi connectivity index (χ3n) is 1.47. The largest absolute Gasteiger partial charge is 0.325 e. The van der Waals surface area contributed by atoms with E-state index in [1.807, 2.05) is 0 Å². The first kappa shape index (κ1) is 11.2. The van der Waals surface area contributed by atoms with E-state index in [1.54, 1.807) is 13.3 Å². The Morgan fingerprint density at radius 2 is 1.91 bits per heavy atom. The van der Waals surface area contributed by atoms with Gasteiger partial charge in [-0.2, -0.15) is 0 Å². The van der Waals surface area contributed by atoms with Crippen molar-refractivity contribution in [3.05, 3.63) is 0 Å². The Bertz CT molecular complexity index is 139. The van der Waals surface area contributed by atoms with Gasteiger partial charge in [-0.25, -0.2) is 0 Å². The summed E-state index contributed by atoms with van der Waals surface area (Å²) in [5.74, 6) is 0. The molecule has 0 aliphatic heterocycles. The third kappa shape index (κ3) is 6.58. The lowest BCUT2D eigenvalue weighted by molar-refractivity contribution is 0.192. The smallest absolute Gasteiger partial charge is 0.197 e. The van der Waals surface area contributed by atoms with Gasteiger partial charge in [-0.1, -0.05) is 20.3 Å². The quantitative estimate of drug-likeness (QED) is 0.604. The van der Waals surface area contributed by atoms with Crippen LogP contribution >= 0.6 is 7.37 Å². The molecule has 1 unspecified atom stereocenters. The predicted molar refractivity (Wildman–Crippen MR) is 49.5 cm³/mol. The molecule has 0 aliphatic carbocycles. The first-order chi connectivity index (χ1) is 4.99. The highest BCUT2D eigenvalue weighted by Gasteiger charge is 2.14. The molecule has 0 rings (SSSR count). The lowest BCUT2D eigenvalue weighted by Gasteiger charge is -2.17. The van der Waals surface area contributed by atoms with Crippen LogP contribution in [0.25, 0.3) is 0 Å². The van der Waals surface area contributed by atoms with Crippen LogP contribution in [0, 0.1) is 0 Å². The van der Waals surface area contributed by atoms with Crippen molar-refractivity contribution in [3.63, 3.8) is 0 Å². The van der Waals surface area contributed by atoms with E-state index in [2.05, 4.69) is 13.8 Å². The minimum atomic E-state index is -2.27. The summed E-state index contributed by atoms with van der Waals surface area (Å²) in [6, 6.07) is 0. The number of hydrogen-bond donors (Lipinski definition) is 0. The molecule has 0 bridgehead atoms. The van der Waals surface area contributed by atoms with Crippen molar-refractivity contribution in [2.24, 2.45) is 0 Å². The average molecular weight is 178 g/mol. The molecular formula is C8H19O2P. The minimum Gasteiger partial charge on any atom is -0.325 e. The van der Waals surface area contributed by atoms with Crippen molar-refractivity contribution in [3.8, 4) is 0 Å². The Labute approximate surface area is 69.8 Å². The highest BCUT2D eigenvalue weighted by atomic mass is 31.2. The topological polar surface area (TPSA) is 26.3 Å². The summed E-state index contributed by atoms with van der Waals surface area (Å²) in [5.41, 5.74) is 0.